The summed E-state index contributed by atoms with van der Waals surface area (Å²) >= 11 is 4.37. The fourth-order valence-corrected chi connectivity index (χ4v) is 1.75. The van der Waals surface area contributed by atoms with Crippen LogP contribution >= 0.6 is 12.6 Å². The van der Waals surface area contributed by atoms with Gasteiger partial charge in [-0.2, -0.15) is 0 Å². The van der Waals surface area contributed by atoms with E-state index in [1.54, 1.807) is 7.05 Å². The molecule has 16 heavy (non-hydrogen) atoms. The average Bonchev–Trinajstić information content (AvgIpc) is 2.26. The summed E-state index contributed by atoms with van der Waals surface area (Å²) in [6.07, 6.45) is 1.95. The molecule has 0 radical (unpaired) electrons. The van der Waals surface area contributed by atoms with Gasteiger partial charge in [0, 0.05) is 18.5 Å². The molecule has 88 valence electrons. The van der Waals surface area contributed by atoms with Crippen LogP contribution in [0.4, 0.5) is 4.79 Å². The van der Waals surface area contributed by atoms with Gasteiger partial charge in [0.05, 0.1) is 0 Å². The van der Waals surface area contributed by atoms with Crippen LogP contribution < -0.4 is 0 Å². The van der Waals surface area contributed by atoms with Gasteiger partial charge in [0.15, 0.2) is 0 Å². The van der Waals surface area contributed by atoms with Crippen LogP contribution in [0.1, 0.15) is 18.4 Å². The molecule has 0 bridgehead atoms. The maximum atomic E-state index is 10.5. The number of hydrogen-bond acceptors (Lipinski definition) is 2. The third-order valence-electron chi connectivity index (χ3n) is 2.51. The van der Waals surface area contributed by atoms with E-state index in [2.05, 4.69) is 18.7 Å². The third-order valence-corrected chi connectivity index (χ3v) is 2.94. The molecule has 0 saturated carbocycles. The largest absolute Gasteiger partial charge is 0.465 e. The Bertz CT molecular complexity index is 355. The zero-order chi connectivity index (χ0) is 12.0. The lowest BCUT2D eigenvalue weighted by atomic mass is 10.1. The summed E-state index contributed by atoms with van der Waals surface area (Å²) in [7, 11) is 1.59. The lowest BCUT2D eigenvalue weighted by Gasteiger charge is -2.12. The Morgan fingerprint density at radius 3 is 2.69 bits per heavy atom. The second-order valence-corrected chi connectivity index (χ2v) is 4.27. The maximum absolute atomic E-state index is 10.5. The van der Waals surface area contributed by atoms with Crippen molar-refractivity contribution in [1.29, 1.82) is 0 Å². The van der Waals surface area contributed by atoms with E-state index in [9.17, 15) is 4.79 Å². The standard InChI is InChI=1S/C12H17NO2S/c1-13(12(14)15)9-5-4-7-10-6-2-3-8-11(10)16/h2-3,6,8,16H,4-5,7,9H2,1H3,(H,14,15). The van der Waals surface area contributed by atoms with Crippen molar-refractivity contribution in [3.8, 4) is 0 Å². The van der Waals surface area contributed by atoms with Gasteiger partial charge in [0.2, 0.25) is 0 Å². The lowest BCUT2D eigenvalue weighted by molar-refractivity contribution is 0.155. The van der Waals surface area contributed by atoms with Crippen LogP contribution in [0.5, 0.6) is 0 Å². The molecule has 0 aliphatic carbocycles. The molecule has 3 nitrogen and oxygen atoms in total. The van der Waals surface area contributed by atoms with Crippen LogP contribution in [-0.4, -0.2) is 29.7 Å². The van der Waals surface area contributed by atoms with Gasteiger partial charge in [0.25, 0.3) is 0 Å². The molecule has 0 saturated heterocycles. The highest BCUT2D eigenvalue weighted by Gasteiger charge is 2.04. The second-order valence-electron chi connectivity index (χ2n) is 3.79. The lowest BCUT2D eigenvalue weighted by Crippen LogP contribution is -2.25. The van der Waals surface area contributed by atoms with Crippen molar-refractivity contribution in [2.24, 2.45) is 0 Å². The van der Waals surface area contributed by atoms with Gasteiger partial charge in [-0.05, 0) is 30.9 Å². The molecule has 1 amide bonds. The van der Waals surface area contributed by atoms with E-state index in [-0.39, 0.29) is 0 Å². The van der Waals surface area contributed by atoms with Gasteiger partial charge in [-0.3, -0.25) is 0 Å². The number of benzene rings is 1. The topological polar surface area (TPSA) is 40.5 Å². The molecular weight excluding hydrogens is 222 g/mol. The molecule has 0 unspecified atom stereocenters. The molecule has 0 spiro atoms. The molecule has 0 heterocycles. The molecule has 4 heteroatoms. The fourth-order valence-electron chi connectivity index (χ4n) is 1.48. The zero-order valence-electron chi connectivity index (χ0n) is 9.39. The molecule has 0 aromatic heterocycles. The van der Waals surface area contributed by atoms with Gasteiger partial charge in [-0.1, -0.05) is 18.2 Å². The zero-order valence-corrected chi connectivity index (χ0v) is 10.3. The number of hydrogen-bond donors (Lipinski definition) is 2. The van der Waals surface area contributed by atoms with Crippen LogP contribution in [0.2, 0.25) is 0 Å². The van der Waals surface area contributed by atoms with E-state index >= 15 is 0 Å². The molecule has 1 rings (SSSR count). The molecule has 1 aromatic rings. The number of nitrogens with zero attached hydrogens (tertiary/aromatic N) is 1. The van der Waals surface area contributed by atoms with Gasteiger partial charge in [-0.25, -0.2) is 4.79 Å². The quantitative estimate of drug-likeness (QED) is 0.612. The average molecular weight is 239 g/mol. The number of amides is 1. The summed E-state index contributed by atoms with van der Waals surface area (Å²) in [4.78, 5) is 12.9. The van der Waals surface area contributed by atoms with E-state index in [1.165, 1.54) is 10.5 Å². The van der Waals surface area contributed by atoms with Crippen molar-refractivity contribution in [2.75, 3.05) is 13.6 Å². The Morgan fingerprint density at radius 2 is 2.06 bits per heavy atom. The minimum absolute atomic E-state index is 0.587. The first kappa shape index (κ1) is 12.9. The van der Waals surface area contributed by atoms with Crippen molar-refractivity contribution >= 4 is 18.7 Å². The Labute approximate surface area is 101 Å². The molecule has 0 fully saturated rings. The van der Waals surface area contributed by atoms with E-state index in [4.69, 9.17) is 5.11 Å². The first-order chi connectivity index (χ1) is 7.61. The normalized spacial score (nSPS) is 10.1. The molecule has 1 N–H and O–H groups in total. The first-order valence-corrected chi connectivity index (χ1v) is 5.77. The van der Waals surface area contributed by atoms with Crippen molar-refractivity contribution in [3.63, 3.8) is 0 Å². The number of unbranched alkanes of at least 4 members (excludes halogenated alkanes) is 1. The van der Waals surface area contributed by atoms with Gasteiger partial charge >= 0.3 is 6.09 Å². The Kier molecular flexibility index (Phi) is 5.19. The minimum Gasteiger partial charge on any atom is -0.465 e. The summed E-state index contributed by atoms with van der Waals surface area (Å²) in [6.45, 7) is 0.587. The number of carboxylic acid groups (broad SMARTS) is 1. The van der Waals surface area contributed by atoms with Crippen LogP contribution in [0.25, 0.3) is 0 Å². The fraction of sp³-hybridized carbons (Fsp3) is 0.417. The van der Waals surface area contributed by atoms with Crippen molar-refractivity contribution < 1.29 is 9.90 Å². The highest BCUT2D eigenvalue weighted by atomic mass is 32.1. The summed E-state index contributed by atoms with van der Waals surface area (Å²) in [5.41, 5.74) is 1.23. The van der Waals surface area contributed by atoms with E-state index < -0.39 is 6.09 Å². The van der Waals surface area contributed by atoms with E-state index in [0.29, 0.717) is 6.54 Å². The number of aryl methyl sites for hydroxylation is 1. The van der Waals surface area contributed by atoms with Gasteiger partial charge in [0.1, 0.15) is 0 Å². The smallest absolute Gasteiger partial charge is 0.407 e. The number of rotatable bonds is 5. The Hall–Kier alpha value is -1.16. The predicted octanol–water partition coefficient (Wildman–Crippen LogP) is 2.91. The first-order valence-electron chi connectivity index (χ1n) is 5.32. The molecule has 1 aromatic carbocycles. The van der Waals surface area contributed by atoms with Crippen LogP contribution in [-0.2, 0) is 6.42 Å². The van der Waals surface area contributed by atoms with Crippen LogP contribution in [0.15, 0.2) is 29.2 Å². The molecule has 0 atom stereocenters. The van der Waals surface area contributed by atoms with Gasteiger partial charge in [-0.15, -0.1) is 12.6 Å². The predicted molar refractivity (Wildman–Crippen MR) is 67.3 cm³/mol. The number of carbonyl (C=O) groups is 1. The Morgan fingerprint density at radius 1 is 1.38 bits per heavy atom. The summed E-state index contributed by atoms with van der Waals surface area (Å²) < 4.78 is 0. The highest BCUT2D eigenvalue weighted by molar-refractivity contribution is 7.80. The summed E-state index contributed by atoms with van der Waals surface area (Å²) in [5.74, 6) is 0. The Balaban J connectivity index is 2.26. The molecular formula is C12H17NO2S. The summed E-state index contributed by atoms with van der Waals surface area (Å²) in [6, 6.07) is 7.99. The van der Waals surface area contributed by atoms with Crippen molar-refractivity contribution in [2.45, 2.75) is 24.2 Å². The van der Waals surface area contributed by atoms with Crippen LogP contribution in [0, 0.1) is 0 Å². The van der Waals surface area contributed by atoms with Crippen LogP contribution in [0.3, 0.4) is 0 Å². The van der Waals surface area contributed by atoms with Crippen molar-refractivity contribution in [1.82, 2.24) is 4.90 Å². The van der Waals surface area contributed by atoms with Crippen molar-refractivity contribution in [3.05, 3.63) is 29.8 Å². The van der Waals surface area contributed by atoms with E-state index in [1.807, 2.05) is 18.2 Å². The maximum Gasteiger partial charge on any atom is 0.407 e. The minimum atomic E-state index is -0.866. The van der Waals surface area contributed by atoms with E-state index in [0.717, 1.165) is 24.2 Å². The SMILES string of the molecule is CN(CCCCc1ccccc1S)C(=O)O. The monoisotopic (exact) mass is 239 g/mol. The second kappa shape index (κ2) is 6.43. The third kappa shape index (κ3) is 4.14. The summed E-state index contributed by atoms with van der Waals surface area (Å²) in [5, 5.41) is 8.66. The molecule has 0 aliphatic heterocycles. The highest BCUT2D eigenvalue weighted by Crippen LogP contribution is 2.15. The molecule has 0 aliphatic rings. The van der Waals surface area contributed by atoms with Gasteiger partial charge < -0.3 is 10.0 Å². The number of thiol groups is 1.